The smallest absolute Gasteiger partial charge is 0.315 e. The van der Waals surface area contributed by atoms with Crippen molar-refractivity contribution in [2.24, 2.45) is 0 Å². The minimum Gasteiger partial charge on any atom is -0.315 e. The zero-order valence-corrected chi connectivity index (χ0v) is 17.6. The highest BCUT2D eigenvalue weighted by atomic mass is 35.5. The fourth-order valence-electron chi connectivity index (χ4n) is 2.89. The van der Waals surface area contributed by atoms with E-state index in [9.17, 15) is 9.59 Å². The van der Waals surface area contributed by atoms with Crippen LogP contribution in [0.1, 0.15) is 11.4 Å². The number of rotatable bonds is 5. The molecule has 0 saturated carbocycles. The van der Waals surface area contributed by atoms with Crippen molar-refractivity contribution >= 4 is 46.2 Å². The fourth-order valence-corrected chi connectivity index (χ4v) is 3.87. The Labute approximate surface area is 180 Å². The summed E-state index contributed by atoms with van der Waals surface area (Å²) in [5.74, 6) is 0.0473. The van der Waals surface area contributed by atoms with Gasteiger partial charge in [0, 0.05) is 5.02 Å². The van der Waals surface area contributed by atoms with Gasteiger partial charge < -0.3 is 4.52 Å². The second-order valence-electron chi connectivity index (χ2n) is 6.42. The molecule has 2 aromatic heterocycles. The highest BCUT2D eigenvalue weighted by Crippen LogP contribution is 2.26. The molecule has 0 fully saturated rings. The highest BCUT2D eigenvalue weighted by Gasteiger charge is 2.17. The van der Waals surface area contributed by atoms with E-state index in [2.05, 4.69) is 20.4 Å². The van der Waals surface area contributed by atoms with Gasteiger partial charge in [-0.3, -0.25) is 19.5 Å². The Morgan fingerprint density at radius 1 is 1.17 bits per heavy atom. The first-order valence-corrected chi connectivity index (χ1v) is 10.3. The molecule has 0 radical (unpaired) electrons. The van der Waals surface area contributed by atoms with E-state index < -0.39 is 0 Å². The summed E-state index contributed by atoms with van der Waals surface area (Å²) < 4.78 is 6.38. The SMILES string of the molecule is Cc1noc(NC(=O)CSc2nc3ccccc3c(=O)n2-c2cccc(Cl)c2C)n1. The summed E-state index contributed by atoms with van der Waals surface area (Å²) in [6.07, 6.45) is 0. The molecule has 0 spiro atoms. The zero-order chi connectivity index (χ0) is 21.3. The number of hydrogen-bond acceptors (Lipinski definition) is 7. The Hall–Kier alpha value is -3.17. The summed E-state index contributed by atoms with van der Waals surface area (Å²) in [6.45, 7) is 3.48. The second kappa shape index (κ2) is 8.29. The lowest BCUT2D eigenvalue weighted by Gasteiger charge is -2.15. The molecule has 152 valence electrons. The van der Waals surface area contributed by atoms with Crippen LogP contribution in [0, 0.1) is 13.8 Å². The van der Waals surface area contributed by atoms with Gasteiger partial charge in [-0.05, 0) is 43.7 Å². The number of aryl methyl sites for hydroxylation is 1. The van der Waals surface area contributed by atoms with Gasteiger partial charge in [0.2, 0.25) is 5.91 Å². The van der Waals surface area contributed by atoms with Gasteiger partial charge in [0.05, 0.1) is 22.3 Å². The van der Waals surface area contributed by atoms with Gasteiger partial charge in [0.15, 0.2) is 11.0 Å². The zero-order valence-electron chi connectivity index (χ0n) is 16.0. The van der Waals surface area contributed by atoms with Gasteiger partial charge in [-0.1, -0.05) is 46.7 Å². The van der Waals surface area contributed by atoms with E-state index >= 15 is 0 Å². The Bertz CT molecular complexity index is 1320. The standard InChI is InChI=1S/C20H16ClN5O3S/c1-11-14(21)7-5-9-16(11)26-18(28)13-6-3-4-8-15(13)23-20(26)30-10-17(27)24-19-22-12(2)25-29-19/h3-9H,10H2,1-2H3,(H,22,24,25,27). The first-order valence-electron chi connectivity index (χ1n) is 8.94. The van der Waals surface area contributed by atoms with Crippen molar-refractivity contribution in [3.8, 4) is 5.69 Å². The predicted molar refractivity (Wildman–Crippen MR) is 115 cm³/mol. The van der Waals surface area contributed by atoms with Crippen LogP contribution >= 0.6 is 23.4 Å². The number of nitrogens with one attached hydrogen (secondary N) is 1. The lowest BCUT2D eigenvalue weighted by molar-refractivity contribution is -0.114. The monoisotopic (exact) mass is 441 g/mol. The van der Waals surface area contributed by atoms with E-state index in [1.807, 2.05) is 13.0 Å². The molecular weight excluding hydrogens is 426 g/mol. The van der Waals surface area contributed by atoms with Crippen LogP contribution in [0.25, 0.3) is 16.6 Å². The third-order valence-corrected chi connectivity index (χ3v) is 5.68. The molecule has 0 aliphatic heterocycles. The molecule has 0 aliphatic rings. The van der Waals surface area contributed by atoms with Crippen molar-refractivity contribution in [2.45, 2.75) is 19.0 Å². The maximum atomic E-state index is 13.3. The maximum Gasteiger partial charge on any atom is 0.328 e. The number of thioether (sulfide) groups is 1. The van der Waals surface area contributed by atoms with E-state index in [-0.39, 0.29) is 23.2 Å². The first kappa shape index (κ1) is 20.1. The minimum absolute atomic E-state index is 0.00811. The number of hydrogen-bond donors (Lipinski definition) is 1. The van der Waals surface area contributed by atoms with Crippen molar-refractivity contribution in [3.05, 3.63) is 69.2 Å². The third-order valence-electron chi connectivity index (χ3n) is 4.33. The average Bonchev–Trinajstić information content (AvgIpc) is 3.13. The summed E-state index contributed by atoms with van der Waals surface area (Å²) in [5, 5.41) is 7.55. The van der Waals surface area contributed by atoms with Gasteiger partial charge in [0.1, 0.15) is 0 Å². The van der Waals surface area contributed by atoms with Crippen molar-refractivity contribution in [2.75, 3.05) is 11.1 Å². The van der Waals surface area contributed by atoms with E-state index in [0.29, 0.717) is 32.6 Å². The van der Waals surface area contributed by atoms with Crippen LogP contribution in [-0.4, -0.2) is 31.4 Å². The van der Waals surface area contributed by atoms with Gasteiger partial charge in [-0.25, -0.2) is 4.98 Å². The largest absolute Gasteiger partial charge is 0.328 e. The van der Waals surface area contributed by atoms with Gasteiger partial charge in [-0.15, -0.1) is 0 Å². The average molecular weight is 442 g/mol. The van der Waals surface area contributed by atoms with Gasteiger partial charge in [0.25, 0.3) is 5.56 Å². The van der Waals surface area contributed by atoms with Crippen molar-refractivity contribution < 1.29 is 9.32 Å². The lowest BCUT2D eigenvalue weighted by Crippen LogP contribution is -2.23. The normalized spacial score (nSPS) is 11.0. The molecule has 2 aromatic carbocycles. The molecule has 10 heteroatoms. The molecule has 0 unspecified atom stereocenters. The summed E-state index contributed by atoms with van der Waals surface area (Å²) in [6, 6.07) is 12.4. The van der Waals surface area contributed by atoms with E-state index in [1.54, 1.807) is 43.3 Å². The molecule has 4 aromatic rings. The number of para-hydroxylation sites is 1. The summed E-state index contributed by atoms with van der Waals surface area (Å²) >= 11 is 7.40. The molecule has 2 heterocycles. The van der Waals surface area contributed by atoms with E-state index in [1.165, 1.54) is 4.57 Å². The Kier molecular flexibility index (Phi) is 5.56. The van der Waals surface area contributed by atoms with Crippen LogP contribution in [0.4, 0.5) is 6.01 Å². The van der Waals surface area contributed by atoms with Crippen LogP contribution < -0.4 is 10.9 Å². The van der Waals surface area contributed by atoms with Crippen LogP contribution in [0.15, 0.2) is 56.9 Å². The maximum absolute atomic E-state index is 13.3. The van der Waals surface area contributed by atoms with Gasteiger partial charge >= 0.3 is 6.01 Å². The molecule has 0 saturated heterocycles. The number of benzene rings is 2. The Morgan fingerprint density at radius 3 is 2.73 bits per heavy atom. The molecule has 1 amide bonds. The number of carbonyl (C=O) groups is 1. The summed E-state index contributed by atoms with van der Waals surface area (Å²) in [7, 11) is 0. The summed E-state index contributed by atoms with van der Waals surface area (Å²) in [5.41, 5.74) is 1.67. The molecule has 4 rings (SSSR count). The molecular formula is C20H16ClN5O3S. The van der Waals surface area contributed by atoms with Crippen LogP contribution in [0.3, 0.4) is 0 Å². The molecule has 0 atom stereocenters. The van der Waals surface area contributed by atoms with E-state index in [4.69, 9.17) is 16.1 Å². The second-order valence-corrected chi connectivity index (χ2v) is 7.77. The number of aromatic nitrogens is 4. The number of nitrogens with zero attached hydrogens (tertiary/aromatic N) is 4. The number of fused-ring (bicyclic) bond motifs is 1. The van der Waals surface area contributed by atoms with Crippen molar-refractivity contribution in [1.29, 1.82) is 0 Å². The van der Waals surface area contributed by atoms with Crippen LogP contribution in [0.2, 0.25) is 5.02 Å². The molecule has 8 nitrogen and oxygen atoms in total. The number of amides is 1. The van der Waals surface area contributed by atoms with Crippen molar-refractivity contribution in [3.63, 3.8) is 0 Å². The van der Waals surface area contributed by atoms with Gasteiger partial charge in [-0.2, -0.15) is 4.98 Å². The highest BCUT2D eigenvalue weighted by molar-refractivity contribution is 7.99. The van der Waals surface area contributed by atoms with Crippen LogP contribution in [-0.2, 0) is 4.79 Å². The van der Waals surface area contributed by atoms with E-state index in [0.717, 1.165) is 17.3 Å². The number of halogens is 1. The third kappa shape index (κ3) is 3.94. The topological polar surface area (TPSA) is 103 Å². The molecule has 1 N–H and O–H groups in total. The van der Waals surface area contributed by atoms with Crippen LogP contribution in [0.5, 0.6) is 0 Å². The number of carbonyl (C=O) groups excluding carboxylic acids is 1. The quantitative estimate of drug-likeness (QED) is 0.371. The van der Waals surface area contributed by atoms with Crippen molar-refractivity contribution in [1.82, 2.24) is 19.7 Å². The molecule has 0 bridgehead atoms. The minimum atomic E-state index is -0.361. The lowest BCUT2D eigenvalue weighted by atomic mass is 10.2. The fraction of sp³-hybridized carbons (Fsp3) is 0.150. The predicted octanol–water partition coefficient (Wildman–Crippen LogP) is 3.77. The number of anilines is 1. The Balaban J connectivity index is 1.73. The summed E-state index contributed by atoms with van der Waals surface area (Å²) in [4.78, 5) is 34.2. The molecule has 30 heavy (non-hydrogen) atoms. The Morgan fingerprint density at radius 2 is 1.97 bits per heavy atom. The molecule has 0 aliphatic carbocycles. The first-order chi connectivity index (χ1) is 14.4.